The summed E-state index contributed by atoms with van der Waals surface area (Å²) in [6, 6.07) is 0. The number of ketones is 2. The largest absolute Gasteiger partial charge is 0.291 e. The van der Waals surface area contributed by atoms with E-state index in [1.165, 1.54) is 32.6 Å². The number of carbonyl (C=O) groups excluding carboxylic acids is 2. The van der Waals surface area contributed by atoms with Gasteiger partial charge in [-0.05, 0) is 6.42 Å². The summed E-state index contributed by atoms with van der Waals surface area (Å²) in [6.45, 7) is 3.53. The minimum absolute atomic E-state index is 0.213. The normalized spacial score (nSPS) is 10.0. The maximum absolute atomic E-state index is 10.9. The quantitative estimate of drug-likeness (QED) is 0.429. The minimum Gasteiger partial charge on any atom is -0.291 e. The predicted molar refractivity (Wildman–Crippen MR) is 53.7 cm³/mol. The molecule has 0 heterocycles. The molecule has 0 aromatic rings. The molecule has 0 aromatic heterocycles. The number of Topliss-reactive ketones (excluding diaryl/α,β-unsaturated/α-hetero) is 2. The maximum Gasteiger partial charge on any atom is 0.198 e. The van der Waals surface area contributed by atoms with Crippen LogP contribution in [0, 0.1) is 0 Å². The molecule has 0 saturated carbocycles. The van der Waals surface area contributed by atoms with Gasteiger partial charge < -0.3 is 0 Å². The van der Waals surface area contributed by atoms with Crippen molar-refractivity contribution in [1.82, 2.24) is 0 Å². The van der Waals surface area contributed by atoms with Gasteiger partial charge in [-0.2, -0.15) is 0 Å². The number of unbranched alkanes of at least 4 members (excludes halogenated alkanes) is 5. The SMILES string of the molecule is CCCCCCCCC(=O)C(C)=O. The highest BCUT2D eigenvalue weighted by atomic mass is 16.2. The molecule has 0 atom stereocenters. The standard InChI is InChI=1S/C11H20O2/c1-3-4-5-6-7-8-9-11(13)10(2)12/h3-9H2,1-2H3. The van der Waals surface area contributed by atoms with Gasteiger partial charge >= 0.3 is 0 Å². The van der Waals surface area contributed by atoms with Crippen LogP contribution in [0.15, 0.2) is 0 Å². The third-order valence-corrected chi connectivity index (χ3v) is 2.15. The third kappa shape index (κ3) is 7.69. The molecule has 13 heavy (non-hydrogen) atoms. The fourth-order valence-corrected chi connectivity index (χ4v) is 1.24. The zero-order valence-electron chi connectivity index (χ0n) is 8.77. The Labute approximate surface area is 80.7 Å². The van der Waals surface area contributed by atoms with Crippen LogP contribution in [0.1, 0.15) is 58.8 Å². The first-order chi connectivity index (χ1) is 6.18. The molecule has 0 N–H and O–H groups in total. The zero-order valence-corrected chi connectivity index (χ0v) is 8.77. The summed E-state index contributed by atoms with van der Waals surface area (Å²) in [4.78, 5) is 21.4. The number of hydrogen-bond donors (Lipinski definition) is 0. The molecule has 0 aromatic carbocycles. The molecule has 2 heteroatoms. The highest BCUT2D eigenvalue weighted by Crippen LogP contribution is 2.07. The summed E-state index contributed by atoms with van der Waals surface area (Å²) in [6.07, 6.45) is 7.37. The first kappa shape index (κ1) is 12.3. The first-order valence-electron chi connectivity index (χ1n) is 5.22. The molecule has 0 rings (SSSR count). The van der Waals surface area contributed by atoms with Gasteiger partial charge in [0.2, 0.25) is 0 Å². The molecule has 0 fully saturated rings. The van der Waals surface area contributed by atoms with E-state index >= 15 is 0 Å². The third-order valence-electron chi connectivity index (χ3n) is 2.15. The number of hydrogen-bond acceptors (Lipinski definition) is 2. The Morgan fingerprint density at radius 1 is 0.923 bits per heavy atom. The number of rotatable bonds is 8. The minimum atomic E-state index is -0.298. The van der Waals surface area contributed by atoms with E-state index in [2.05, 4.69) is 6.92 Å². The topological polar surface area (TPSA) is 34.1 Å². The van der Waals surface area contributed by atoms with Gasteiger partial charge in [-0.25, -0.2) is 0 Å². The molecule has 0 aliphatic heterocycles. The van der Waals surface area contributed by atoms with Crippen LogP contribution < -0.4 is 0 Å². The monoisotopic (exact) mass is 184 g/mol. The summed E-state index contributed by atoms with van der Waals surface area (Å²) in [5, 5.41) is 0. The van der Waals surface area contributed by atoms with Crippen LogP contribution in [0.25, 0.3) is 0 Å². The van der Waals surface area contributed by atoms with Crippen molar-refractivity contribution in [1.29, 1.82) is 0 Å². The van der Waals surface area contributed by atoms with E-state index in [-0.39, 0.29) is 11.6 Å². The summed E-state index contributed by atoms with van der Waals surface area (Å²) in [7, 11) is 0. The van der Waals surface area contributed by atoms with Gasteiger partial charge in [0.1, 0.15) is 0 Å². The summed E-state index contributed by atoms with van der Waals surface area (Å²) in [5.74, 6) is -0.510. The second kappa shape index (κ2) is 7.96. The molecule has 0 unspecified atom stereocenters. The van der Waals surface area contributed by atoms with Crippen molar-refractivity contribution in [3.8, 4) is 0 Å². The Balaban J connectivity index is 3.16. The molecular weight excluding hydrogens is 164 g/mol. The number of carbonyl (C=O) groups is 2. The van der Waals surface area contributed by atoms with Crippen molar-refractivity contribution in [3.63, 3.8) is 0 Å². The molecular formula is C11H20O2. The van der Waals surface area contributed by atoms with Crippen LogP contribution in [-0.2, 0) is 9.59 Å². The van der Waals surface area contributed by atoms with Gasteiger partial charge in [-0.3, -0.25) is 9.59 Å². The van der Waals surface area contributed by atoms with Crippen LogP contribution in [0.5, 0.6) is 0 Å². The molecule has 2 nitrogen and oxygen atoms in total. The molecule has 0 amide bonds. The average Bonchev–Trinajstić information content (AvgIpc) is 2.10. The van der Waals surface area contributed by atoms with Crippen molar-refractivity contribution < 1.29 is 9.59 Å². The predicted octanol–water partition coefficient (Wildman–Crippen LogP) is 2.90. The van der Waals surface area contributed by atoms with Crippen molar-refractivity contribution in [2.45, 2.75) is 58.8 Å². The van der Waals surface area contributed by atoms with Crippen LogP contribution in [0.2, 0.25) is 0 Å². The van der Waals surface area contributed by atoms with E-state index in [1.807, 2.05) is 0 Å². The Kier molecular flexibility index (Phi) is 7.56. The highest BCUT2D eigenvalue weighted by molar-refractivity contribution is 6.36. The Hall–Kier alpha value is -0.660. The second-order valence-electron chi connectivity index (χ2n) is 3.50. The lowest BCUT2D eigenvalue weighted by Crippen LogP contribution is -2.08. The van der Waals surface area contributed by atoms with Gasteiger partial charge in [0.25, 0.3) is 0 Å². The first-order valence-corrected chi connectivity index (χ1v) is 5.22. The van der Waals surface area contributed by atoms with Crippen LogP contribution >= 0.6 is 0 Å². The van der Waals surface area contributed by atoms with Gasteiger partial charge in [-0.1, -0.05) is 39.0 Å². The lowest BCUT2D eigenvalue weighted by atomic mass is 10.1. The second-order valence-corrected chi connectivity index (χ2v) is 3.50. The van der Waals surface area contributed by atoms with E-state index < -0.39 is 0 Å². The Bertz CT molecular complexity index is 161. The zero-order chi connectivity index (χ0) is 10.1. The summed E-state index contributed by atoms with van der Waals surface area (Å²) >= 11 is 0. The summed E-state index contributed by atoms with van der Waals surface area (Å²) < 4.78 is 0. The maximum atomic E-state index is 10.9. The molecule has 0 spiro atoms. The molecule has 0 saturated heterocycles. The van der Waals surface area contributed by atoms with Crippen molar-refractivity contribution >= 4 is 11.6 Å². The lowest BCUT2D eigenvalue weighted by Gasteiger charge is -1.98. The Morgan fingerprint density at radius 3 is 2.00 bits per heavy atom. The van der Waals surface area contributed by atoms with Crippen molar-refractivity contribution in [3.05, 3.63) is 0 Å². The fraction of sp³-hybridized carbons (Fsp3) is 0.818. The summed E-state index contributed by atoms with van der Waals surface area (Å²) in [5.41, 5.74) is 0. The van der Waals surface area contributed by atoms with E-state index in [0.29, 0.717) is 6.42 Å². The van der Waals surface area contributed by atoms with Crippen molar-refractivity contribution in [2.75, 3.05) is 0 Å². The van der Waals surface area contributed by atoms with E-state index in [9.17, 15) is 9.59 Å². The molecule has 0 aliphatic carbocycles. The van der Waals surface area contributed by atoms with Crippen LogP contribution in [0.4, 0.5) is 0 Å². The smallest absolute Gasteiger partial charge is 0.198 e. The van der Waals surface area contributed by atoms with Gasteiger partial charge in [-0.15, -0.1) is 0 Å². The van der Waals surface area contributed by atoms with Crippen LogP contribution in [-0.4, -0.2) is 11.6 Å². The molecule has 0 radical (unpaired) electrons. The lowest BCUT2D eigenvalue weighted by molar-refractivity contribution is -0.135. The fourth-order valence-electron chi connectivity index (χ4n) is 1.24. The van der Waals surface area contributed by atoms with Gasteiger partial charge in [0.05, 0.1) is 0 Å². The van der Waals surface area contributed by atoms with E-state index in [1.54, 1.807) is 0 Å². The van der Waals surface area contributed by atoms with Gasteiger partial charge in [0, 0.05) is 13.3 Å². The molecule has 0 bridgehead atoms. The van der Waals surface area contributed by atoms with Crippen LogP contribution in [0.3, 0.4) is 0 Å². The van der Waals surface area contributed by atoms with Crippen molar-refractivity contribution in [2.24, 2.45) is 0 Å². The molecule has 76 valence electrons. The van der Waals surface area contributed by atoms with E-state index in [4.69, 9.17) is 0 Å². The molecule has 0 aliphatic rings. The Morgan fingerprint density at radius 2 is 1.46 bits per heavy atom. The van der Waals surface area contributed by atoms with E-state index in [0.717, 1.165) is 12.8 Å². The highest BCUT2D eigenvalue weighted by Gasteiger charge is 2.05. The van der Waals surface area contributed by atoms with Gasteiger partial charge in [0.15, 0.2) is 11.6 Å². The average molecular weight is 184 g/mol.